The second-order valence-electron chi connectivity index (χ2n) is 2.84. The summed E-state index contributed by atoms with van der Waals surface area (Å²) in [6.45, 7) is 0. The number of carbonyl (C=O) groups excluding carboxylic acids is 1. The molecule has 0 amide bonds. The maximum Gasteiger partial charge on any atom is 0.479 e. The van der Waals surface area contributed by atoms with Crippen molar-refractivity contribution in [1.29, 1.82) is 0 Å². The van der Waals surface area contributed by atoms with Crippen LogP contribution in [0.1, 0.15) is 10.4 Å². The molecular formula is C9H5F5O3S. The number of alkyl halides is 3. The average molecular weight is 288 g/mol. The Morgan fingerprint density at radius 2 is 1.89 bits per heavy atom. The normalized spacial score (nSPS) is 11.2. The lowest BCUT2D eigenvalue weighted by Crippen LogP contribution is -2.10. The standard InChI is InChI=1S/C9H5F5O3S/c1-16-8(15)6-4(10)2-3-5(7(6)11)17-18-9(12,13)14/h2-3H,1H3. The highest BCUT2D eigenvalue weighted by molar-refractivity contribution is 7.95. The first-order valence-corrected chi connectivity index (χ1v) is 4.99. The van der Waals surface area contributed by atoms with Crippen molar-refractivity contribution in [3.63, 3.8) is 0 Å². The SMILES string of the molecule is COC(=O)c1c(F)ccc(OSC(F)(F)F)c1F. The maximum atomic E-state index is 13.5. The molecule has 0 N–H and O–H groups in total. The molecule has 18 heavy (non-hydrogen) atoms. The minimum absolute atomic E-state index is 0.599. The highest BCUT2D eigenvalue weighted by Gasteiger charge is 2.33. The van der Waals surface area contributed by atoms with Gasteiger partial charge >= 0.3 is 11.5 Å². The van der Waals surface area contributed by atoms with Gasteiger partial charge in [-0.1, -0.05) is 0 Å². The minimum atomic E-state index is -4.76. The van der Waals surface area contributed by atoms with Crippen molar-refractivity contribution >= 4 is 18.0 Å². The highest BCUT2D eigenvalue weighted by Crippen LogP contribution is 2.34. The fourth-order valence-electron chi connectivity index (χ4n) is 0.979. The van der Waals surface area contributed by atoms with Crippen molar-refractivity contribution < 1.29 is 35.7 Å². The molecule has 100 valence electrons. The van der Waals surface area contributed by atoms with E-state index in [4.69, 9.17) is 0 Å². The van der Waals surface area contributed by atoms with E-state index in [0.29, 0.717) is 12.1 Å². The summed E-state index contributed by atoms with van der Waals surface area (Å²) in [5, 5.41) is 0. The summed E-state index contributed by atoms with van der Waals surface area (Å²) in [7, 11) is 0.874. The number of rotatable bonds is 3. The summed E-state index contributed by atoms with van der Waals surface area (Å²) < 4.78 is 70.2. The zero-order valence-electron chi connectivity index (χ0n) is 8.68. The van der Waals surface area contributed by atoms with Crippen molar-refractivity contribution in [3.05, 3.63) is 29.3 Å². The van der Waals surface area contributed by atoms with Gasteiger partial charge in [-0.15, -0.1) is 0 Å². The molecule has 9 heteroatoms. The number of hydrogen-bond acceptors (Lipinski definition) is 4. The summed E-state index contributed by atoms with van der Waals surface area (Å²) in [5.74, 6) is -5.09. The van der Waals surface area contributed by atoms with Crippen LogP contribution in [0.25, 0.3) is 0 Å². The summed E-state index contributed by atoms with van der Waals surface area (Å²) in [4.78, 5) is 11.0. The zero-order valence-corrected chi connectivity index (χ0v) is 9.49. The second-order valence-corrected chi connectivity index (χ2v) is 3.63. The molecule has 1 rings (SSSR count). The topological polar surface area (TPSA) is 35.5 Å². The van der Waals surface area contributed by atoms with Crippen molar-refractivity contribution in [3.8, 4) is 5.75 Å². The molecule has 0 saturated carbocycles. The quantitative estimate of drug-likeness (QED) is 0.485. The van der Waals surface area contributed by atoms with Crippen molar-refractivity contribution in [2.24, 2.45) is 0 Å². The molecule has 0 heterocycles. The van der Waals surface area contributed by atoms with Crippen LogP contribution in [0.5, 0.6) is 5.75 Å². The Kier molecular flexibility index (Phi) is 4.38. The molecule has 0 spiro atoms. The monoisotopic (exact) mass is 288 g/mol. The molecule has 1 aromatic rings. The van der Waals surface area contributed by atoms with Gasteiger partial charge in [0, 0.05) is 0 Å². The molecule has 1 aromatic carbocycles. The van der Waals surface area contributed by atoms with E-state index in [2.05, 4.69) is 8.92 Å². The molecule has 0 atom stereocenters. The molecule has 0 aliphatic rings. The first kappa shape index (κ1) is 14.6. The Morgan fingerprint density at radius 3 is 2.39 bits per heavy atom. The Balaban J connectivity index is 3.05. The van der Waals surface area contributed by atoms with Gasteiger partial charge in [0.2, 0.25) is 0 Å². The number of benzene rings is 1. The summed E-state index contributed by atoms with van der Waals surface area (Å²) >= 11 is -0.980. The number of carbonyl (C=O) groups is 1. The van der Waals surface area contributed by atoms with Crippen LogP contribution in [0.4, 0.5) is 22.0 Å². The third-order valence-corrected chi connectivity index (χ3v) is 2.12. The number of methoxy groups -OCH3 is 1. The molecule has 0 radical (unpaired) electrons. The van der Waals surface area contributed by atoms with E-state index >= 15 is 0 Å². The van der Waals surface area contributed by atoms with Gasteiger partial charge in [0.1, 0.15) is 11.4 Å². The molecule has 0 aliphatic carbocycles. The Bertz CT molecular complexity index is 460. The highest BCUT2D eigenvalue weighted by atomic mass is 32.2. The van der Waals surface area contributed by atoms with Gasteiger partial charge in [-0.3, -0.25) is 0 Å². The average Bonchev–Trinajstić information content (AvgIpc) is 2.26. The van der Waals surface area contributed by atoms with Gasteiger partial charge in [0.15, 0.2) is 23.6 Å². The van der Waals surface area contributed by atoms with Crippen LogP contribution in [0, 0.1) is 11.6 Å². The molecule has 0 aliphatic heterocycles. The maximum absolute atomic E-state index is 13.5. The van der Waals surface area contributed by atoms with Crippen LogP contribution >= 0.6 is 12.0 Å². The number of ether oxygens (including phenoxy) is 1. The first-order chi connectivity index (χ1) is 8.26. The van der Waals surface area contributed by atoms with Gasteiger partial charge in [0.05, 0.1) is 7.11 Å². The molecule has 0 aromatic heterocycles. The van der Waals surface area contributed by atoms with Gasteiger partial charge in [-0.05, 0) is 12.1 Å². The van der Waals surface area contributed by atoms with Crippen LogP contribution in [0.15, 0.2) is 12.1 Å². The predicted molar refractivity (Wildman–Crippen MR) is 52.0 cm³/mol. The van der Waals surface area contributed by atoms with Gasteiger partial charge in [-0.25, -0.2) is 13.6 Å². The largest absolute Gasteiger partial charge is 0.479 e. The van der Waals surface area contributed by atoms with Crippen molar-refractivity contribution in [1.82, 2.24) is 0 Å². The number of esters is 1. The van der Waals surface area contributed by atoms with E-state index in [-0.39, 0.29) is 0 Å². The second kappa shape index (κ2) is 5.42. The van der Waals surface area contributed by atoms with E-state index < -0.39 is 46.5 Å². The lowest BCUT2D eigenvalue weighted by atomic mass is 10.2. The molecule has 0 fully saturated rings. The van der Waals surface area contributed by atoms with Gasteiger partial charge in [-0.2, -0.15) is 13.2 Å². The fraction of sp³-hybridized carbons (Fsp3) is 0.222. The van der Waals surface area contributed by atoms with E-state index in [1.807, 2.05) is 0 Å². The smallest absolute Gasteiger partial charge is 0.465 e. The van der Waals surface area contributed by atoms with Crippen LogP contribution in [0.3, 0.4) is 0 Å². The Hall–Kier alpha value is -1.51. The molecular weight excluding hydrogens is 283 g/mol. The molecule has 3 nitrogen and oxygen atoms in total. The fourth-order valence-corrected chi connectivity index (χ4v) is 1.29. The third kappa shape index (κ3) is 3.49. The van der Waals surface area contributed by atoms with E-state index in [1.165, 1.54) is 0 Å². The Labute approximate surface area is 102 Å². The molecule has 0 bridgehead atoms. The summed E-state index contributed by atoms with van der Waals surface area (Å²) in [5.41, 5.74) is -5.87. The van der Waals surface area contributed by atoms with Crippen molar-refractivity contribution in [2.45, 2.75) is 5.51 Å². The number of hydrogen-bond donors (Lipinski definition) is 0. The van der Waals surface area contributed by atoms with E-state index in [9.17, 15) is 26.7 Å². The van der Waals surface area contributed by atoms with E-state index in [1.54, 1.807) is 0 Å². The van der Waals surface area contributed by atoms with Gasteiger partial charge < -0.3 is 8.92 Å². The lowest BCUT2D eigenvalue weighted by Gasteiger charge is -2.09. The van der Waals surface area contributed by atoms with E-state index in [0.717, 1.165) is 7.11 Å². The minimum Gasteiger partial charge on any atom is -0.465 e. The van der Waals surface area contributed by atoms with Crippen LogP contribution in [0.2, 0.25) is 0 Å². The summed E-state index contributed by atoms with van der Waals surface area (Å²) in [6, 6.07) is 1.23. The zero-order chi connectivity index (χ0) is 13.9. The Morgan fingerprint density at radius 1 is 1.28 bits per heavy atom. The van der Waals surface area contributed by atoms with Crippen LogP contribution in [-0.2, 0) is 4.74 Å². The van der Waals surface area contributed by atoms with Crippen molar-refractivity contribution in [2.75, 3.05) is 7.11 Å². The van der Waals surface area contributed by atoms with Crippen LogP contribution in [-0.4, -0.2) is 18.6 Å². The number of halogens is 5. The molecule has 0 saturated heterocycles. The summed E-state index contributed by atoms with van der Waals surface area (Å²) in [6.07, 6.45) is 0. The van der Waals surface area contributed by atoms with Crippen LogP contribution < -0.4 is 4.18 Å². The third-order valence-electron chi connectivity index (χ3n) is 1.67. The lowest BCUT2D eigenvalue weighted by molar-refractivity contribution is -0.0370. The molecule has 0 unspecified atom stereocenters. The predicted octanol–water partition coefficient (Wildman–Crippen LogP) is 3.30. The first-order valence-electron chi connectivity index (χ1n) is 4.25. The van der Waals surface area contributed by atoms with Gasteiger partial charge in [0.25, 0.3) is 0 Å².